The Morgan fingerprint density at radius 1 is 1.11 bits per heavy atom. The maximum atomic E-state index is 12.0. The van der Waals surface area contributed by atoms with Crippen molar-refractivity contribution < 1.29 is 9.53 Å². The number of hydrogen-bond acceptors (Lipinski definition) is 3. The van der Waals surface area contributed by atoms with Gasteiger partial charge in [0.25, 0.3) is 0 Å². The summed E-state index contributed by atoms with van der Waals surface area (Å²) < 4.78 is 5.22. The molecule has 0 atom stereocenters. The van der Waals surface area contributed by atoms with Crippen LogP contribution in [0.25, 0.3) is 6.08 Å². The zero-order valence-electron chi connectivity index (χ0n) is 10.7. The number of ketones is 1. The Morgan fingerprint density at radius 3 is 2.53 bits per heavy atom. The zero-order chi connectivity index (χ0) is 13.7. The van der Waals surface area contributed by atoms with E-state index >= 15 is 0 Å². The summed E-state index contributed by atoms with van der Waals surface area (Å²) >= 11 is 0. The molecule has 19 heavy (non-hydrogen) atoms. The van der Waals surface area contributed by atoms with Gasteiger partial charge in [-0.15, -0.1) is 0 Å². The molecular formula is C16H15NO2. The maximum absolute atomic E-state index is 12.0. The van der Waals surface area contributed by atoms with Crippen LogP contribution in [-0.4, -0.2) is 12.9 Å². The van der Waals surface area contributed by atoms with E-state index in [4.69, 9.17) is 10.5 Å². The minimum atomic E-state index is -0.121. The highest BCUT2D eigenvalue weighted by Gasteiger charge is 2.05. The standard InChI is InChI=1S/C16H15NO2/c1-19-16-9-5-2-6-12(16)10-11-15(18)13-7-3-4-8-14(13)17/h2-11H,17H2,1H3. The minimum Gasteiger partial charge on any atom is -0.496 e. The smallest absolute Gasteiger partial charge is 0.187 e. The third-order valence-corrected chi connectivity index (χ3v) is 2.78. The fraction of sp³-hybridized carbons (Fsp3) is 0.0625. The molecule has 2 aromatic carbocycles. The second kappa shape index (κ2) is 5.87. The first-order valence-corrected chi connectivity index (χ1v) is 5.92. The highest BCUT2D eigenvalue weighted by molar-refractivity contribution is 6.10. The summed E-state index contributed by atoms with van der Waals surface area (Å²) in [6, 6.07) is 14.5. The molecule has 0 fully saturated rings. The van der Waals surface area contributed by atoms with Gasteiger partial charge in [0, 0.05) is 16.8 Å². The molecule has 0 saturated heterocycles. The van der Waals surface area contributed by atoms with E-state index in [9.17, 15) is 4.79 Å². The largest absolute Gasteiger partial charge is 0.496 e. The van der Waals surface area contributed by atoms with E-state index in [-0.39, 0.29) is 5.78 Å². The second-order valence-corrected chi connectivity index (χ2v) is 4.03. The number of hydrogen-bond donors (Lipinski definition) is 1. The van der Waals surface area contributed by atoms with Crippen LogP contribution < -0.4 is 10.5 Å². The van der Waals surface area contributed by atoms with Crippen LogP contribution in [0.1, 0.15) is 15.9 Å². The van der Waals surface area contributed by atoms with Crippen molar-refractivity contribution in [3.05, 3.63) is 65.7 Å². The molecule has 0 bridgehead atoms. The van der Waals surface area contributed by atoms with E-state index in [2.05, 4.69) is 0 Å². The van der Waals surface area contributed by atoms with Crippen molar-refractivity contribution in [1.29, 1.82) is 0 Å². The van der Waals surface area contributed by atoms with Crippen LogP contribution in [0.5, 0.6) is 5.75 Å². The van der Waals surface area contributed by atoms with Crippen LogP contribution in [-0.2, 0) is 0 Å². The molecule has 2 aromatic rings. The van der Waals surface area contributed by atoms with Gasteiger partial charge in [0.2, 0.25) is 0 Å². The number of benzene rings is 2. The Kier molecular flexibility index (Phi) is 3.98. The Morgan fingerprint density at radius 2 is 1.79 bits per heavy atom. The van der Waals surface area contributed by atoms with Gasteiger partial charge in [-0.05, 0) is 30.4 Å². The number of allylic oxidation sites excluding steroid dienone is 1. The molecule has 0 heterocycles. The number of carbonyl (C=O) groups is 1. The van der Waals surface area contributed by atoms with Crippen LogP contribution in [0.4, 0.5) is 5.69 Å². The molecule has 0 saturated carbocycles. The monoisotopic (exact) mass is 253 g/mol. The van der Waals surface area contributed by atoms with Crippen molar-refractivity contribution in [2.75, 3.05) is 12.8 Å². The van der Waals surface area contributed by atoms with Gasteiger partial charge < -0.3 is 10.5 Å². The topological polar surface area (TPSA) is 52.3 Å². The van der Waals surface area contributed by atoms with Gasteiger partial charge in [0.15, 0.2) is 5.78 Å². The van der Waals surface area contributed by atoms with Gasteiger partial charge in [-0.3, -0.25) is 4.79 Å². The summed E-state index contributed by atoms with van der Waals surface area (Å²) in [6.07, 6.45) is 3.23. The minimum absolute atomic E-state index is 0.121. The van der Waals surface area contributed by atoms with Gasteiger partial charge in [0.05, 0.1) is 7.11 Å². The molecule has 0 amide bonds. The predicted molar refractivity (Wildman–Crippen MR) is 77.2 cm³/mol. The van der Waals surface area contributed by atoms with Crippen molar-refractivity contribution >= 4 is 17.5 Å². The SMILES string of the molecule is COc1ccccc1C=CC(=O)c1ccccc1N. The van der Waals surface area contributed by atoms with Gasteiger partial charge in [0.1, 0.15) is 5.75 Å². The number of nitrogens with two attached hydrogens (primary N) is 1. The van der Waals surface area contributed by atoms with Gasteiger partial charge >= 0.3 is 0 Å². The highest BCUT2D eigenvalue weighted by atomic mass is 16.5. The fourth-order valence-corrected chi connectivity index (χ4v) is 1.78. The molecule has 3 heteroatoms. The average molecular weight is 253 g/mol. The van der Waals surface area contributed by atoms with Crippen LogP contribution in [0, 0.1) is 0 Å². The Balaban J connectivity index is 2.24. The van der Waals surface area contributed by atoms with E-state index in [0.717, 1.165) is 11.3 Å². The molecular weight excluding hydrogens is 238 g/mol. The van der Waals surface area contributed by atoms with Crippen molar-refractivity contribution in [3.8, 4) is 5.75 Å². The lowest BCUT2D eigenvalue weighted by atomic mass is 10.1. The van der Waals surface area contributed by atoms with E-state index in [1.165, 1.54) is 6.08 Å². The van der Waals surface area contributed by atoms with Crippen molar-refractivity contribution in [3.63, 3.8) is 0 Å². The molecule has 0 aromatic heterocycles. The molecule has 0 spiro atoms. The number of para-hydroxylation sites is 2. The van der Waals surface area contributed by atoms with Crippen LogP contribution in [0.3, 0.4) is 0 Å². The lowest BCUT2D eigenvalue weighted by Gasteiger charge is -2.03. The Labute approximate surface area is 112 Å². The van der Waals surface area contributed by atoms with E-state index in [1.54, 1.807) is 37.5 Å². The maximum Gasteiger partial charge on any atom is 0.187 e. The zero-order valence-corrected chi connectivity index (χ0v) is 10.7. The summed E-state index contributed by atoms with van der Waals surface area (Å²) in [5.41, 5.74) is 7.61. The number of rotatable bonds is 4. The summed E-state index contributed by atoms with van der Waals surface area (Å²) in [4.78, 5) is 12.0. The van der Waals surface area contributed by atoms with E-state index < -0.39 is 0 Å². The molecule has 0 unspecified atom stereocenters. The highest BCUT2D eigenvalue weighted by Crippen LogP contribution is 2.19. The van der Waals surface area contributed by atoms with Gasteiger partial charge in [-0.2, -0.15) is 0 Å². The lowest BCUT2D eigenvalue weighted by Crippen LogP contribution is -2.00. The van der Waals surface area contributed by atoms with Crippen LogP contribution in [0.2, 0.25) is 0 Å². The summed E-state index contributed by atoms with van der Waals surface area (Å²) in [7, 11) is 1.60. The third kappa shape index (κ3) is 3.01. The average Bonchev–Trinajstić information content (AvgIpc) is 2.45. The second-order valence-electron chi connectivity index (χ2n) is 4.03. The molecule has 2 N–H and O–H groups in total. The molecule has 0 radical (unpaired) electrons. The summed E-state index contributed by atoms with van der Waals surface area (Å²) in [5, 5.41) is 0. The molecule has 0 aliphatic heterocycles. The number of anilines is 1. The normalized spacial score (nSPS) is 10.6. The third-order valence-electron chi connectivity index (χ3n) is 2.78. The number of methoxy groups -OCH3 is 1. The predicted octanol–water partition coefficient (Wildman–Crippen LogP) is 3.17. The fourth-order valence-electron chi connectivity index (χ4n) is 1.78. The lowest BCUT2D eigenvalue weighted by molar-refractivity contribution is 0.104. The first kappa shape index (κ1) is 12.9. The Bertz CT molecular complexity index is 618. The molecule has 0 aliphatic carbocycles. The Hall–Kier alpha value is -2.55. The number of nitrogen functional groups attached to an aromatic ring is 1. The van der Waals surface area contributed by atoms with Crippen molar-refractivity contribution in [2.45, 2.75) is 0 Å². The molecule has 0 aliphatic rings. The van der Waals surface area contributed by atoms with Gasteiger partial charge in [-0.25, -0.2) is 0 Å². The van der Waals surface area contributed by atoms with E-state index in [1.807, 2.05) is 24.3 Å². The molecule has 96 valence electrons. The summed E-state index contributed by atoms with van der Waals surface area (Å²) in [5.74, 6) is 0.608. The number of ether oxygens (including phenoxy) is 1. The van der Waals surface area contributed by atoms with Crippen molar-refractivity contribution in [2.24, 2.45) is 0 Å². The van der Waals surface area contributed by atoms with E-state index in [0.29, 0.717) is 11.3 Å². The van der Waals surface area contributed by atoms with Crippen molar-refractivity contribution in [1.82, 2.24) is 0 Å². The van der Waals surface area contributed by atoms with Crippen LogP contribution >= 0.6 is 0 Å². The van der Waals surface area contributed by atoms with Crippen LogP contribution in [0.15, 0.2) is 54.6 Å². The molecule has 3 nitrogen and oxygen atoms in total. The number of carbonyl (C=O) groups excluding carboxylic acids is 1. The molecule has 2 rings (SSSR count). The quantitative estimate of drug-likeness (QED) is 0.517. The first-order valence-electron chi connectivity index (χ1n) is 5.92. The van der Waals surface area contributed by atoms with Gasteiger partial charge in [-0.1, -0.05) is 30.3 Å². The first-order chi connectivity index (χ1) is 9.22. The summed E-state index contributed by atoms with van der Waals surface area (Å²) in [6.45, 7) is 0.